The molecule has 0 aliphatic carbocycles. The molecule has 0 bridgehead atoms. The number of hydrogen-bond acceptors (Lipinski definition) is 8. The Morgan fingerprint density at radius 1 is 1.18 bits per heavy atom. The molecule has 5 unspecified atom stereocenters. The first-order chi connectivity index (χ1) is 15.6. The molecule has 1 aromatic heterocycles. The molecule has 7 N–H and O–H groups in total. The van der Waals surface area contributed by atoms with Gasteiger partial charge in [0.25, 0.3) is 0 Å². The van der Waals surface area contributed by atoms with Gasteiger partial charge in [-0.3, -0.25) is 14.4 Å². The fourth-order valence-corrected chi connectivity index (χ4v) is 3.63. The predicted octanol–water partition coefficient (Wildman–Crippen LogP) is -0.452. The number of H-pyrrole nitrogens is 1. The van der Waals surface area contributed by atoms with E-state index in [1.54, 1.807) is 6.20 Å². The summed E-state index contributed by atoms with van der Waals surface area (Å²) in [7, 11) is 0. The number of amides is 3. The topological polar surface area (TPSA) is 179 Å². The highest BCUT2D eigenvalue weighted by Crippen LogP contribution is 2.11. The van der Waals surface area contributed by atoms with E-state index >= 15 is 0 Å². The molecule has 1 heterocycles. The van der Waals surface area contributed by atoms with E-state index in [0.29, 0.717) is 17.9 Å². The summed E-state index contributed by atoms with van der Waals surface area (Å²) in [5.41, 5.74) is 6.68. The van der Waals surface area contributed by atoms with Crippen LogP contribution in [0.2, 0.25) is 0 Å². The highest BCUT2D eigenvalue weighted by molar-refractivity contribution is 7.98. The Bertz CT molecular complexity index is 779. The van der Waals surface area contributed by atoms with Crippen molar-refractivity contribution in [3.63, 3.8) is 0 Å². The molecule has 1 rings (SSSR count). The lowest BCUT2D eigenvalue weighted by Gasteiger charge is -2.27. The first kappa shape index (κ1) is 28.8. The van der Waals surface area contributed by atoms with Crippen molar-refractivity contribution in [1.82, 2.24) is 25.9 Å². The van der Waals surface area contributed by atoms with Crippen molar-refractivity contribution in [3.8, 4) is 0 Å². The molecule has 0 aromatic carbocycles. The SMILES string of the molecule is CCC(C)C(NC(=O)C(N)Cc1cnc[nH]1)C(=O)NC(CCSC)C(=O)NC(CS)C(=O)O. The summed E-state index contributed by atoms with van der Waals surface area (Å²) < 4.78 is 0. The lowest BCUT2D eigenvalue weighted by molar-refractivity contribution is -0.141. The number of thiol groups is 1. The Labute approximate surface area is 203 Å². The number of imidazole rings is 1. The number of aliphatic carboxylic acids is 1. The highest BCUT2D eigenvalue weighted by Gasteiger charge is 2.32. The van der Waals surface area contributed by atoms with Crippen molar-refractivity contribution >= 4 is 48.1 Å². The van der Waals surface area contributed by atoms with Crippen molar-refractivity contribution in [1.29, 1.82) is 0 Å². The van der Waals surface area contributed by atoms with E-state index in [1.165, 1.54) is 18.1 Å². The minimum absolute atomic E-state index is 0.0932. The average Bonchev–Trinajstić information content (AvgIpc) is 3.30. The lowest BCUT2D eigenvalue weighted by atomic mass is 9.97. The zero-order chi connectivity index (χ0) is 25.0. The van der Waals surface area contributed by atoms with Crippen LogP contribution >= 0.6 is 24.4 Å². The van der Waals surface area contributed by atoms with Gasteiger partial charge in [-0.25, -0.2) is 9.78 Å². The second kappa shape index (κ2) is 14.8. The molecule has 0 fully saturated rings. The predicted molar refractivity (Wildman–Crippen MR) is 130 cm³/mol. The van der Waals surface area contributed by atoms with Crippen LogP contribution < -0.4 is 21.7 Å². The number of aromatic amines is 1. The molecule has 11 nitrogen and oxygen atoms in total. The molecule has 0 aliphatic heterocycles. The quantitative estimate of drug-likeness (QED) is 0.158. The normalized spacial score (nSPS) is 15.5. The van der Waals surface area contributed by atoms with E-state index in [-0.39, 0.29) is 24.5 Å². The summed E-state index contributed by atoms with van der Waals surface area (Å²) >= 11 is 5.43. The third-order valence-corrected chi connectivity index (χ3v) is 6.17. The van der Waals surface area contributed by atoms with Crippen LogP contribution in [0.1, 0.15) is 32.4 Å². The molecule has 0 spiro atoms. The van der Waals surface area contributed by atoms with Gasteiger partial charge < -0.3 is 31.8 Å². The van der Waals surface area contributed by atoms with E-state index in [0.717, 1.165) is 0 Å². The Kier molecular flexibility index (Phi) is 12.9. The molecule has 186 valence electrons. The van der Waals surface area contributed by atoms with E-state index in [2.05, 4.69) is 38.5 Å². The van der Waals surface area contributed by atoms with Crippen molar-refractivity contribution < 1.29 is 24.3 Å². The molecular formula is C20H34N6O5S2. The molecule has 0 saturated carbocycles. The van der Waals surface area contributed by atoms with Gasteiger partial charge in [-0.1, -0.05) is 20.3 Å². The zero-order valence-corrected chi connectivity index (χ0v) is 20.7. The number of hydrogen-bond donors (Lipinski definition) is 7. The molecular weight excluding hydrogens is 468 g/mol. The summed E-state index contributed by atoms with van der Waals surface area (Å²) in [5, 5.41) is 16.9. The Hall–Kier alpha value is -2.25. The molecule has 13 heteroatoms. The summed E-state index contributed by atoms with van der Waals surface area (Å²) in [4.78, 5) is 56.4. The van der Waals surface area contributed by atoms with Gasteiger partial charge in [0, 0.05) is 24.1 Å². The van der Waals surface area contributed by atoms with E-state index in [9.17, 15) is 24.3 Å². The van der Waals surface area contributed by atoms with Crippen LogP contribution in [0.25, 0.3) is 0 Å². The number of nitrogens with two attached hydrogens (primary N) is 1. The second-order valence-electron chi connectivity index (χ2n) is 7.68. The number of carbonyl (C=O) groups excluding carboxylic acids is 3. The maximum atomic E-state index is 13.1. The number of carboxylic acids is 1. The number of nitrogens with one attached hydrogen (secondary N) is 4. The number of thioether (sulfide) groups is 1. The third-order valence-electron chi connectivity index (χ3n) is 5.17. The fraction of sp³-hybridized carbons (Fsp3) is 0.650. The summed E-state index contributed by atoms with van der Waals surface area (Å²) in [6.07, 6.45) is 6.01. The van der Waals surface area contributed by atoms with Crippen LogP contribution in [0.15, 0.2) is 12.5 Å². The largest absolute Gasteiger partial charge is 0.480 e. The molecule has 3 amide bonds. The van der Waals surface area contributed by atoms with Crippen molar-refractivity contribution in [2.75, 3.05) is 17.8 Å². The van der Waals surface area contributed by atoms with Gasteiger partial charge in [-0.2, -0.15) is 24.4 Å². The maximum absolute atomic E-state index is 13.1. The Morgan fingerprint density at radius 2 is 1.85 bits per heavy atom. The lowest BCUT2D eigenvalue weighted by Crippen LogP contribution is -2.59. The number of carboxylic acid groups (broad SMARTS) is 1. The monoisotopic (exact) mass is 502 g/mol. The minimum atomic E-state index is -1.22. The first-order valence-corrected chi connectivity index (χ1v) is 12.6. The van der Waals surface area contributed by atoms with Crippen LogP contribution in [0.3, 0.4) is 0 Å². The van der Waals surface area contributed by atoms with Crippen LogP contribution in [0.5, 0.6) is 0 Å². The van der Waals surface area contributed by atoms with Crippen molar-refractivity contribution in [2.24, 2.45) is 11.7 Å². The molecule has 33 heavy (non-hydrogen) atoms. The number of aromatic nitrogens is 2. The first-order valence-electron chi connectivity index (χ1n) is 10.6. The number of rotatable bonds is 15. The Morgan fingerprint density at radius 3 is 2.36 bits per heavy atom. The standard InChI is InChI=1S/C20H34N6O5S2/c1-4-11(2)16(26-17(27)13(21)7-12-8-22-10-23-12)19(29)24-14(5-6-33-3)18(28)25-15(9-32)20(30)31/h8,10-11,13-16,32H,4-7,9,21H2,1-3H3,(H,22,23)(H,24,29)(H,25,28)(H,26,27)(H,30,31). The van der Waals surface area contributed by atoms with E-state index in [4.69, 9.17) is 5.73 Å². The molecule has 0 saturated heterocycles. The van der Waals surface area contributed by atoms with Crippen LogP contribution in [0.4, 0.5) is 0 Å². The van der Waals surface area contributed by atoms with Gasteiger partial charge in [0.1, 0.15) is 18.1 Å². The smallest absolute Gasteiger partial charge is 0.327 e. The van der Waals surface area contributed by atoms with Gasteiger partial charge in [0.2, 0.25) is 17.7 Å². The maximum Gasteiger partial charge on any atom is 0.327 e. The molecule has 0 radical (unpaired) electrons. The van der Waals surface area contributed by atoms with Gasteiger partial charge in [0.15, 0.2) is 0 Å². The van der Waals surface area contributed by atoms with Gasteiger partial charge in [-0.15, -0.1) is 0 Å². The zero-order valence-electron chi connectivity index (χ0n) is 19.0. The van der Waals surface area contributed by atoms with Crippen molar-refractivity contribution in [3.05, 3.63) is 18.2 Å². The highest BCUT2D eigenvalue weighted by atomic mass is 32.2. The van der Waals surface area contributed by atoms with Gasteiger partial charge in [0.05, 0.1) is 12.4 Å². The van der Waals surface area contributed by atoms with Crippen LogP contribution in [-0.4, -0.2) is 80.7 Å². The minimum Gasteiger partial charge on any atom is -0.480 e. The molecule has 0 aliphatic rings. The third kappa shape index (κ3) is 9.64. The van der Waals surface area contributed by atoms with E-state index in [1.807, 2.05) is 20.1 Å². The van der Waals surface area contributed by atoms with Gasteiger partial charge in [-0.05, 0) is 24.3 Å². The summed E-state index contributed by atoms with van der Waals surface area (Å²) in [6, 6.07) is -3.96. The second-order valence-corrected chi connectivity index (χ2v) is 9.03. The van der Waals surface area contributed by atoms with Gasteiger partial charge >= 0.3 is 5.97 Å². The summed E-state index contributed by atoms with van der Waals surface area (Å²) in [6.45, 7) is 3.69. The average molecular weight is 503 g/mol. The van der Waals surface area contributed by atoms with Crippen LogP contribution in [0, 0.1) is 5.92 Å². The number of carbonyl (C=O) groups is 4. The Balaban J connectivity index is 2.91. The van der Waals surface area contributed by atoms with Crippen molar-refractivity contribution in [2.45, 2.75) is 57.3 Å². The molecule has 1 aromatic rings. The van der Waals surface area contributed by atoms with Crippen LogP contribution in [-0.2, 0) is 25.6 Å². The number of nitrogens with zero attached hydrogens (tertiary/aromatic N) is 1. The van der Waals surface area contributed by atoms with E-state index < -0.39 is 47.9 Å². The molecule has 5 atom stereocenters. The fourth-order valence-electron chi connectivity index (χ4n) is 2.91. The summed E-state index contributed by atoms with van der Waals surface area (Å²) in [5.74, 6) is -2.65.